The maximum atomic E-state index is 12.5. The summed E-state index contributed by atoms with van der Waals surface area (Å²) in [5.41, 5.74) is 2.48. The van der Waals surface area contributed by atoms with Crippen molar-refractivity contribution in [2.24, 2.45) is 0 Å². The van der Waals surface area contributed by atoms with Crippen molar-refractivity contribution in [2.75, 3.05) is 24.7 Å². The van der Waals surface area contributed by atoms with Crippen molar-refractivity contribution < 1.29 is 13.2 Å². The number of pyridine rings is 1. The largest absolute Gasteiger partial charge is 0.324 e. The van der Waals surface area contributed by atoms with E-state index in [2.05, 4.69) is 15.0 Å². The second-order valence-corrected chi connectivity index (χ2v) is 8.16. The third kappa shape index (κ3) is 5.03. The summed E-state index contributed by atoms with van der Waals surface area (Å²) in [7, 11) is -3.22. The number of urea groups is 1. The molecule has 2 aromatic rings. The highest BCUT2D eigenvalue weighted by Crippen LogP contribution is 2.21. The van der Waals surface area contributed by atoms with Gasteiger partial charge in [-0.05, 0) is 37.1 Å². The number of hydrogen-bond acceptors (Lipinski definition) is 4. The molecular formula is C18H22N4O3S. The molecule has 3 rings (SSSR count). The Bertz CT molecular complexity index is 863. The summed E-state index contributed by atoms with van der Waals surface area (Å²) in [6.07, 6.45) is 4.10. The van der Waals surface area contributed by atoms with Gasteiger partial charge in [0.05, 0.1) is 11.9 Å². The van der Waals surface area contributed by atoms with Crippen LogP contribution in [0.5, 0.6) is 0 Å². The average Bonchev–Trinajstić information content (AvgIpc) is 2.62. The van der Waals surface area contributed by atoms with Crippen LogP contribution in [0.1, 0.15) is 12.8 Å². The van der Waals surface area contributed by atoms with Crippen LogP contribution in [0, 0.1) is 0 Å². The number of nitrogens with zero attached hydrogens (tertiary/aromatic N) is 2. The standard InChI is InChI=1S/C18H22N4O3S/c1-26(24,25)21-15-8-11-22(12-9-15)18(23)20-16-6-4-5-14(13-16)17-7-2-3-10-19-17/h2-7,10,13,15,21H,8-9,11-12H2,1H3,(H,20,23). The van der Waals surface area contributed by atoms with Crippen molar-refractivity contribution in [1.29, 1.82) is 0 Å². The first-order valence-corrected chi connectivity index (χ1v) is 10.3. The highest BCUT2D eigenvalue weighted by atomic mass is 32.2. The number of amides is 2. The fourth-order valence-corrected chi connectivity index (χ4v) is 3.84. The first-order chi connectivity index (χ1) is 12.4. The van der Waals surface area contributed by atoms with E-state index in [4.69, 9.17) is 0 Å². The fraction of sp³-hybridized carbons (Fsp3) is 0.333. The van der Waals surface area contributed by atoms with E-state index in [0.717, 1.165) is 17.5 Å². The average molecular weight is 374 g/mol. The van der Waals surface area contributed by atoms with Crippen LogP contribution in [0.3, 0.4) is 0 Å². The van der Waals surface area contributed by atoms with E-state index < -0.39 is 10.0 Å². The van der Waals surface area contributed by atoms with E-state index >= 15 is 0 Å². The summed E-state index contributed by atoms with van der Waals surface area (Å²) in [5, 5.41) is 2.91. The third-order valence-electron chi connectivity index (χ3n) is 4.24. The third-order valence-corrected chi connectivity index (χ3v) is 5.00. The van der Waals surface area contributed by atoms with Gasteiger partial charge >= 0.3 is 6.03 Å². The normalized spacial score (nSPS) is 15.7. The molecule has 1 aliphatic rings. The van der Waals surface area contributed by atoms with E-state index in [1.165, 1.54) is 0 Å². The van der Waals surface area contributed by atoms with Gasteiger partial charge in [-0.15, -0.1) is 0 Å². The number of likely N-dealkylation sites (tertiary alicyclic amines) is 1. The van der Waals surface area contributed by atoms with E-state index in [1.807, 2.05) is 42.5 Å². The number of nitrogens with one attached hydrogen (secondary N) is 2. The predicted molar refractivity (Wildman–Crippen MR) is 101 cm³/mol. The number of rotatable bonds is 4. The van der Waals surface area contributed by atoms with Gasteiger partial charge in [-0.2, -0.15) is 0 Å². The lowest BCUT2D eigenvalue weighted by molar-refractivity contribution is 0.193. The number of anilines is 1. The van der Waals surface area contributed by atoms with Gasteiger partial charge in [0.1, 0.15) is 0 Å². The molecule has 0 bridgehead atoms. The van der Waals surface area contributed by atoms with Crippen LogP contribution in [0.15, 0.2) is 48.7 Å². The molecule has 0 unspecified atom stereocenters. The molecule has 0 aliphatic carbocycles. The molecule has 1 aromatic heterocycles. The highest BCUT2D eigenvalue weighted by molar-refractivity contribution is 7.88. The molecule has 0 spiro atoms. The van der Waals surface area contributed by atoms with Crippen LogP contribution in [-0.4, -0.2) is 49.7 Å². The lowest BCUT2D eigenvalue weighted by Crippen LogP contribution is -2.47. The Hall–Kier alpha value is -2.45. The number of aromatic nitrogens is 1. The molecule has 7 nitrogen and oxygen atoms in total. The van der Waals surface area contributed by atoms with Crippen LogP contribution in [0.25, 0.3) is 11.3 Å². The molecule has 2 amide bonds. The second-order valence-electron chi connectivity index (χ2n) is 6.38. The molecule has 138 valence electrons. The molecule has 0 atom stereocenters. The van der Waals surface area contributed by atoms with Crippen LogP contribution in [0.2, 0.25) is 0 Å². The van der Waals surface area contributed by atoms with Gasteiger partial charge in [0.25, 0.3) is 0 Å². The van der Waals surface area contributed by atoms with Crippen molar-refractivity contribution in [3.8, 4) is 11.3 Å². The lowest BCUT2D eigenvalue weighted by Gasteiger charge is -2.32. The zero-order valence-electron chi connectivity index (χ0n) is 14.6. The molecule has 2 N–H and O–H groups in total. The molecular weight excluding hydrogens is 352 g/mol. The number of hydrogen-bond donors (Lipinski definition) is 2. The van der Waals surface area contributed by atoms with E-state index in [1.54, 1.807) is 11.1 Å². The SMILES string of the molecule is CS(=O)(=O)NC1CCN(C(=O)Nc2cccc(-c3ccccn3)c2)CC1. The van der Waals surface area contributed by atoms with Gasteiger partial charge in [-0.1, -0.05) is 18.2 Å². The highest BCUT2D eigenvalue weighted by Gasteiger charge is 2.24. The van der Waals surface area contributed by atoms with Crippen molar-refractivity contribution in [2.45, 2.75) is 18.9 Å². The molecule has 0 saturated carbocycles. The molecule has 0 radical (unpaired) electrons. The maximum absolute atomic E-state index is 12.5. The summed E-state index contributed by atoms with van der Waals surface area (Å²) >= 11 is 0. The second kappa shape index (κ2) is 7.84. The van der Waals surface area contributed by atoms with Gasteiger partial charge in [0.15, 0.2) is 0 Å². The van der Waals surface area contributed by atoms with Gasteiger partial charge in [0.2, 0.25) is 10.0 Å². The van der Waals surface area contributed by atoms with Gasteiger partial charge < -0.3 is 10.2 Å². The number of benzene rings is 1. The Morgan fingerprint density at radius 1 is 1.15 bits per heavy atom. The number of sulfonamides is 1. The van der Waals surface area contributed by atoms with Crippen molar-refractivity contribution in [1.82, 2.24) is 14.6 Å². The molecule has 2 heterocycles. The van der Waals surface area contributed by atoms with E-state index in [0.29, 0.717) is 31.6 Å². The summed E-state index contributed by atoms with van der Waals surface area (Å²) < 4.78 is 25.2. The minimum atomic E-state index is -3.22. The Morgan fingerprint density at radius 3 is 2.58 bits per heavy atom. The lowest BCUT2D eigenvalue weighted by atomic mass is 10.1. The molecule has 1 saturated heterocycles. The fourth-order valence-electron chi connectivity index (χ4n) is 3.00. The molecule has 8 heteroatoms. The predicted octanol–water partition coefficient (Wildman–Crippen LogP) is 2.29. The Labute approximate surface area is 153 Å². The summed E-state index contributed by atoms with van der Waals surface area (Å²) in [6.45, 7) is 1.03. The minimum Gasteiger partial charge on any atom is -0.324 e. The summed E-state index contributed by atoms with van der Waals surface area (Å²) in [4.78, 5) is 18.5. The zero-order valence-corrected chi connectivity index (χ0v) is 15.4. The molecule has 1 aliphatic heterocycles. The Kier molecular flexibility index (Phi) is 5.53. The van der Waals surface area contributed by atoms with E-state index in [-0.39, 0.29) is 12.1 Å². The van der Waals surface area contributed by atoms with Crippen LogP contribution < -0.4 is 10.0 Å². The first-order valence-electron chi connectivity index (χ1n) is 8.45. The number of carbonyl (C=O) groups excluding carboxylic acids is 1. The minimum absolute atomic E-state index is 0.110. The summed E-state index contributed by atoms with van der Waals surface area (Å²) in [6, 6.07) is 12.9. The van der Waals surface area contributed by atoms with Crippen LogP contribution >= 0.6 is 0 Å². The molecule has 26 heavy (non-hydrogen) atoms. The van der Waals surface area contributed by atoms with Crippen molar-refractivity contribution >= 4 is 21.7 Å². The van der Waals surface area contributed by atoms with Gasteiger partial charge in [-0.3, -0.25) is 4.98 Å². The summed E-state index contributed by atoms with van der Waals surface area (Å²) in [5.74, 6) is 0. The monoisotopic (exact) mass is 374 g/mol. The van der Waals surface area contributed by atoms with Crippen LogP contribution in [0.4, 0.5) is 10.5 Å². The quantitative estimate of drug-likeness (QED) is 0.859. The van der Waals surface area contributed by atoms with Crippen molar-refractivity contribution in [3.63, 3.8) is 0 Å². The topological polar surface area (TPSA) is 91.4 Å². The Balaban J connectivity index is 1.59. The zero-order chi connectivity index (χ0) is 18.6. The Morgan fingerprint density at radius 2 is 1.92 bits per heavy atom. The maximum Gasteiger partial charge on any atom is 0.321 e. The van der Waals surface area contributed by atoms with Crippen molar-refractivity contribution in [3.05, 3.63) is 48.7 Å². The first kappa shape index (κ1) is 18.3. The van der Waals surface area contributed by atoms with Crippen LogP contribution in [-0.2, 0) is 10.0 Å². The molecule has 1 fully saturated rings. The molecule has 1 aromatic carbocycles. The van der Waals surface area contributed by atoms with Gasteiger partial charge in [0, 0.05) is 36.6 Å². The van der Waals surface area contributed by atoms with Gasteiger partial charge in [-0.25, -0.2) is 17.9 Å². The number of carbonyl (C=O) groups is 1. The smallest absolute Gasteiger partial charge is 0.321 e. The van der Waals surface area contributed by atoms with E-state index in [9.17, 15) is 13.2 Å². The number of piperidine rings is 1.